The molecule has 0 spiro atoms. The molecular formula is C7H11NOS. The van der Waals surface area contributed by atoms with E-state index in [9.17, 15) is 0 Å². The molecule has 56 valence electrons. The highest BCUT2D eigenvalue weighted by molar-refractivity contribution is 7.07. The van der Waals surface area contributed by atoms with Crippen LogP contribution in [0.25, 0.3) is 0 Å². The molecule has 3 heteroatoms. The lowest BCUT2D eigenvalue weighted by molar-refractivity contribution is 0.183. The fraction of sp³-hybridized carbons (Fsp3) is 0.571. The van der Waals surface area contributed by atoms with Crippen molar-refractivity contribution in [2.45, 2.75) is 12.8 Å². The molecule has 2 nitrogen and oxygen atoms in total. The lowest BCUT2D eigenvalue weighted by Gasteiger charge is -2.04. The normalized spacial score (nSPS) is 13.4. The number of hydrogen-bond acceptors (Lipinski definition) is 3. The van der Waals surface area contributed by atoms with Crippen LogP contribution in [-0.2, 0) is 4.74 Å². The predicted octanol–water partition coefficient (Wildman–Crippen LogP) is 1.89. The minimum absolute atomic E-state index is 0.427. The Bertz CT molecular complexity index is 174. The van der Waals surface area contributed by atoms with E-state index >= 15 is 0 Å². The molecule has 1 rings (SSSR count). The number of aromatic nitrogens is 1. The van der Waals surface area contributed by atoms with Gasteiger partial charge >= 0.3 is 0 Å². The molecule has 10 heavy (non-hydrogen) atoms. The smallest absolute Gasteiger partial charge is 0.0794 e. The molecule has 1 aromatic heterocycles. The average molecular weight is 157 g/mol. The SMILES string of the molecule is COCC(C)c1cscn1. The maximum absolute atomic E-state index is 4.99. The van der Waals surface area contributed by atoms with Crippen molar-refractivity contribution >= 4 is 11.3 Å². The zero-order chi connectivity index (χ0) is 7.40. The molecule has 0 aliphatic carbocycles. The molecule has 1 aromatic rings. The Kier molecular flexibility index (Phi) is 2.83. The van der Waals surface area contributed by atoms with E-state index in [2.05, 4.69) is 17.3 Å². The maximum atomic E-state index is 4.99. The van der Waals surface area contributed by atoms with Crippen LogP contribution in [-0.4, -0.2) is 18.7 Å². The third kappa shape index (κ3) is 1.78. The largest absolute Gasteiger partial charge is 0.384 e. The fourth-order valence-corrected chi connectivity index (χ4v) is 1.48. The lowest BCUT2D eigenvalue weighted by atomic mass is 10.1. The van der Waals surface area contributed by atoms with Crippen molar-refractivity contribution in [3.8, 4) is 0 Å². The first-order valence-corrected chi connectivity index (χ1v) is 4.16. The van der Waals surface area contributed by atoms with Crippen molar-refractivity contribution in [1.82, 2.24) is 4.98 Å². The molecule has 0 fully saturated rings. The number of methoxy groups -OCH3 is 1. The van der Waals surface area contributed by atoms with E-state index in [-0.39, 0.29) is 0 Å². The summed E-state index contributed by atoms with van der Waals surface area (Å²) in [7, 11) is 1.71. The predicted molar refractivity (Wildman–Crippen MR) is 42.4 cm³/mol. The van der Waals surface area contributed by atoms with E-state index in [1.54, 1.807) is 18.4 Å². The molecule has 1 heterocycles. The summed E-state index contributed by atoms with van der Waals surface area (Å²) in [5, 5.41) is 2.06. The second-order valence-corrected chi connectivity index (χ2v) is 2.99. The molecule has 0 saturated carbocycles. The Balaban J connectivity index is 2.50. The Morgan fingerprint density at radius 2 is 2.60 bits per heavy atom. The van der Waals surface area contributed by atoms with Crippen molar-refractivity contribution in [3.63, 3.8) is 0 Å². The maximum Gasteiger partial charge on any atom is 0.0794 e. The van der Waals surface area contributed by atoms with E-state index in [0.29, 0.717) is 5.92 Å². The molecule has 1 unspecified atom stereocenters. The molecule has 0 radical (unpaired) electrons. The van der Waals surface area contributed by atoms with Crippen LogP contribution in [0, 0.1) is 0 Å². The molecule has 0 amide bonds. The standard InChI is InChI=1S/C7H11NOS/c1-6(3-9-2)7-4-10-5-8-7/h4-6H,3H2,1-2H3. The van der Waals surface area contributed by atoms with Gasteiger partial charge in [-0.25, -0.2) is 4.98 Å². The average Bonchev–Trinajstić information content (AvgIpc) is 2.38. The minimum Gasteiger partial charge on any atom is -0.384 e. The summed E-state index contributed by atoms with van der Waals surface area (Å²) in [6.07, 6.45) is 0. The van der Waals surface area contributed by atoms with Crippen LogP contribution in [0.3, 0.4) is 0 Å². The molecule has 1 atom stereocenters. The summed E-state index contributed by atoms with van der Waals surface area (Å²) in [6.45, 7) is 2.86. The Labute approximate surface area is 64.9 Å². The highest BCUT2D eigenvalue weighted by Crippen LogP contribution is 2.14. The first-order valence-electron chi connectivity index (χ1n) is 3.21. The van der Waals surface area contributed by atoms with Crippen LogP contribution >= 0.6 is 11.3 Å². The van der Waals surface area contributed by atoms with Gasteiger partial charge in [-0.3, -0.25) is 0 Å². The van der Waals surface area contributed by atoms with Crippen LogP contribution in [0.15, 0.2) is 10.9 Å². The highest BCUT2D eigenvalue weighted by atomic mass is 32.1. The summed E-state index contributed by atoms with van der Waals surface area (Å²) >= 11 is 1.63. The number of nitrogens with zero attached hydrogens (tertiary/aromatic N) is 1. The molecular weight excluding hydrogens is 146 g/mol. The van der Waals surface area contributed by atoms with Crippen molar-refractivity contribution in [2.24, 2.45) is 0 Å². The van der Waals surface area contributed by atoms with Crippen LogP contribution in [0.2, 0.25) is 0 Å². The molecule has 0 aliphatic heterocycles. The van der Waals surface area contributed by atoms with Crippen molar-refractivity contribution in [1.29, 1.82) is 0 Å². The Hall–Kier alpha value is -0.410. The van der Waals surface area contributed by atoms with Crippen LogP contribution < -0.4 is 0 Å². The van der Waals surface area contributed by atoms with Gasteiger partial charge in [-0.2, -0.15) is 0 Å². The fourth-order valence-electron chi connectivity index (χ4n) is 0.801. The van der Waals surface area contributed by atoms with Crippen LogP contribution in [0.4, 0.5) is 0 Å². The summed E-state index contributed by atoms with van der Waals surface area (Å²) in [4.78, 5) is 4.17. The molecule has 0 bridgehead atoms. The van der Waals surface area contributed by atoms with Gasteiger partial charge in [0.15, 0.2) is 0 Å². The van der Waals surface area contributed by atoms with Gasteiger partial charge in [-0.1, -0.05) is 6.92 Å². The van der Waals surface area contributed by atoms with E-state index in [1.165, 1.54) is 0 Å². The van der Waals surface area contributed by atoms with Gasteiger partial charge in [-0.05, 0) is 0 Å². The monoisotopic (exact) mass is 157 g/mol. The number of thiazole rings is 1. The van der Waals surface area contributed by atoms with Gasteiger partial charge in [-0.15, -0.1) is 11.3 Å². The third-order valence-corrected chi connectivity index (χ3v) is 1.98. The van der Waals surface area contributed by atoms with E-state index in [1.807, 2.05) is 5.51 Å². The van der Waals surface area contributed by atoms with Crippen molar-refractivity contribution in [2.75, 3.05) is 13.7 Å². The van der Waals surface area contributed by atoms with E-state index in [4.69, 9.17) is 4.74 Å². The summed E-state index contributed by atoms with van der Waals surface area (Å²) in [5.74, 6) is 0.427. The zero-order valence-electron chi connectivity index (χ0n) is 6.20. The van der Waals surface area contributed by atoms with Gasteiger partial charge < -0.3 is 4.74 Å². The van der Waals surface area contributed by atoms with E-state index < -0.39 is 0 Å². The number of rotatable bonds is 3. The third-order valence-electron chi connectivity index (χ3n) is 1.37. The van der Waals surface area contributed by atoms with Crippen molar-refractivity contribution < 1.29 is 4.74 Å². The topological polar surface area (TPSA) is 22.1 Å². The van der Waals surface area contributed by atoms with Gasteiger partial charge in [0.1, 0.15) is 0 Å². The second kappa shape index (κ2) is 3.68. The summed E-state index contributed by atoms with van der Waals surface area (Å²) in [5.41, 5.74) is 2.98. The van der Waals surface area contributed by atoms with Gasteiger partial charge in [0, 0.05) is 18.4 Å². The quantitative estimate of drug-likeness (QED) is 0.668. The van der Waals surface area contributed by atoms with Gasteiger partial charge in [0.05, 0.1) is 17.8 Å². The summed E-state index contributed by atoms with van der Waals surface area (Å²) < 4.78 is 4.99. The minimum atomic E-state index is 0.427. The first kappa shape index (κ1) is 7.69. The Morgan fingerprint density at radius 1 is 1.80 bits per heavy atom. The first-order chi connectivity index (χ1) is 4.84. The lowest BCUT2D eigenvalue weighted by Crippen LogP contribution is -2.01. The van der Waals surface area contributed by atoms with Gasteiger partial charge in [0.25, 0.3) is 0 Å². The van der Waals surface area contributed by atoms with Crippen LogP contribution in [0.5, 0.6) is 0 Å². The molecule has 0 aliphatic rings. The van der Waals surface area contributed by atoms with Gasteiger partial charge in [0.2, 0.25) is 0 Å². The number of hydrogen-bond donors (Lipinski definition) is 0. The Morgan fingerprint density at radius 3 is 3.10 bits per heavy atom. The zero-order valence-corrected chi connectivity index (χ0v) is 7.02. The molecule has 0 N–H and O–H groups in total. The number of ether oxygens (including phenoxy) is 1. The van der Waals surface area contributed by atoms with Crippen molar-refractivity contribution in [3.05, 3.63) is 16.6 Å². The van der Waals surface area contributed by atoms with E-state index in [0.717, 1.165) is 12.3 Å². The molecule has 0 saturated heterocycles. The summed E-state index contributed by atoms with van der Waals surface area (Å²) in [6, 6.07) is 0. The second-order valence-electron chi connectivity index (χ2n) is 2.27. The van der Waals surface area contributed by atoms with Crippen LogP contribution in [0.1, 0.15) is 18.5 Å². The highest BCUT2D eigenvalue weighted by Gasteiger charge is 2.05. The molecule has 0 aromatic carbocycles.